The number of carbonyl (C=O) groups excluding carboxylic acids is 2. The number of methoxy groups -OCH3 is 1. The Hall–Kier alpha value is -3.61. The molecule has 2 atom stereocenters. The average Bonchev–Trinajstić information content (AvgIpc) is 3.23. The van der Waals surface area contributed by atoms with Gasteiger partial charge < -0.3 is 19.5 Å². The van der Waals surface area contributed by atoms with Crippen molar-refractivity contribution < 1.29 is 14.3 Å². The topological polar surface area (TPSA) is 76.5 Å². The molecule has 0 fully saturated rings. The number of nitrogens with one attached hydrogen (secondary N) is 1. The molecule has 1 aliphatic rings. The summed E-state index contributed by atoms with van der Waals surface area (Å²) in [4.78, 5) is 31.9. The highest BCUT2D eigenvalue weighted by molar-refractivity contribution is 5.80. The largest absolute Gasteiger partial charge is 0.497 e. The van der Waals surface area contributed by atoms with Gasteiger partial charge in [-0.15, -0.1) is 0 Å². The molecule has 0 aliphatic carbocycles. The molecule has 1 N–H and O–H groups in total. The van der Waals surface area contributed by atoms with E-state index in [-0.39, 0.29) is 24.3 Å². The molecule has 0 radical (unpaired) electrons. The molecule has 0 saturated heterocycles. The number of carbonyl (C=O) groups is 2. The van der Waals surface area contributed by atoms with E-state index < -0.39 is 6.04 Å². The SMILES string of the molecule is COc1cccc(C(NC(=O)CC2c3ccccc3CCN2C(C)=O)c2nccn2C)c1. The molecule has 2 amide bonds. The van der Waals surface area contributed by atoms with Crippen molar-refractivity contribution in [1.29, 1.82) is 0 Å². The molecule has 0 spiro atoms. The van der Waals surface area contributed by atoms with Crippen molar-refractivity contribution in [2.75, 3.05) is 13.7 Å². The van der Waals surface area contributed by atoms with E-state index in [9.17, 15) is 9.59 Å². The van der Waals surface area contributed by atoms with Crippen LogP contribution in [0.2, 0.25) is 0 Å². The number of aryl methyl sites for hydroxylation is 1. The van der Waals surface area contributed by atoms with Crippen LogP contribution in [0.5, 0.6) is 5.75 Å². The van der Waals surface area contributed by atoms with E-state index in [0.717, 1.165) is 23.4 Å². The second-order valence-electron chi connectivity index (χ2n) is 8.05. The summed E-state index contributed by atoms with van der Waals surface area (Å²) in [6, 6.07) is 14.9. The van der Waals surface area contributed by atoms with Crippen molar-refractivity contribution in [3.05, 3.63) is 83.4 Å². The van der Waals surface area contributed by atoms with Crippen LogP contribution < -0.4 is 10.1 Å². The third-order valence-corrected chi connectivity index (χ3v) is 6.04. The molecule has 7 heteroatoms. The van der Waals surface area contributed by atoms with Gasteiger partial charge in [-0.3, -0.25) is 9.59 Å². The number of ether oxygens (including phenoxy) is 1. The second kappa shape index (κ2) is 9.26. The van der Waals surface area contributed by atoms with Crippen LogP contribution in [0.1, 0.15) is 47.9 Å². The lowest BCUT2D eigenvalue weighted by molar-refractivity contribution is -0.133. The van der Waals surface area contributed by atoms with E-state index in [1.807, 2.05) is 60.3 Å². The number of benzene rings is 2. The summed E-state index contributed by atoms with van der Waals surface area (Å²) in [6.45, 7) is 2.18. The fourth-order valence-electron chi connectivity index (χ4n) is 4.42. The first-order chi connectivity index (χ1) is 15.5. The number of fused-ring (bicyclic) bond motifs is 1. The number of amides is 2. The van der Waals surface area contributed by atoms with Gasteiger partial charge in [-0.25, -0.2) is 4.98 Å². The lowest BCUT2D eigenvalue weighted by Crippen LogP contribution is -2.42. The quantitative estimate of drug-likeness (QED) is 0.649. The number of hydrogen-bond donors (Lipinski definition) is 1. The molecule has 32 heavy (non-hydrogen) atoms. The van der Waals surface area contributed by atoms with Gasteiger partial charge in [0.1, 0.15) is 17.6 Å². The minimum Gasteiger partial charge on any atom is -0.497 e. The Labute approximate surface area is 188 Å². The Morgan fingerprint density at radius 3 is 2.75 bits per heavy atom. The van der Waals surface area contributed by atoms with Crippen LogP contribution in [0.4, 0.5) is 0 Å². The number of aromatic nitrogens is 2. The molecule has 166 valence electrons. The van der Waals surface area contributed by atoms with Gasteiger partial charge >= 0.3 is 0 Å². The molecule has 0 saturated carbocycles. The number of rotatable bonds is 6. The Bertz CT molecular complexity index is 1120. The smallest absolute Gasteiger partial charge is 0.223 e. The molecular weight excluding hydrogens is 404 g/mol. The molecule has 2 unspecified atom stereocenters. The zero-order chi connectivity index (χ0) is 22.7. The lowest BCUT2D eigenvalue weighted by Gasteiger charge is -2.36. The van der Waals surface area contributed by atoms with E-state index in [1.54, 1.807) is 25.1 Å². The van der Waals surface area contributed by atoms with Crippen LogP contribution in [-0.2, 0) is 23.1 Å². The van der Waals surface area contributed by atoms with Crippen molar-refractivity contribution in [1.82, 2.24) is 19.8 Å². The van der Waals surface area contributed by atoms with Gasteiger partial charge in [0.15, 0.2) is 0 Å². The fourth-order valence-corrected chi connectivity index (χ4v) is 4.42. The standard InChI is InChI=1S/C25H28N4O3/c1-17(30)29-13-11-18-7-4-5-10-21(18)22(29)16-23(31)27-24(25-26-12-14-28(25)2)19-8-6-9-20(15-19)32-3/h4-10,12,14-15,22,24H,11,13,16H2,1-3H3,(H,27,31). The third kappa shape index (κ3) is 4.37. The first-order valence-corrected chi connectivity index (χ1v) is 10.7. The zero-order valence-corrected chi connectivity index (χ0v) is 18.6. The Kier molecular flexibility index (Phi) is 6.25. The number of nitrogens with zero attached hydrogens (tertiary/aromatic N) is 3. The summed E-state index contributed by atoms with van der Waals surface area (Å²) < 4.78 is 7.27. The first kappa shape index (κ1) is 21.6. The van der Waals surface area contributed by atoms with Crippen molar-refractivity contribution >= 4 is 11.8 Å². The molecule has 1 aromatic heterocycles. The molecule has 2 aromatic carbocycles. The monoisotopic (exact) mass is 432 g/mol. The van der Waals surface area contributed by atoms with Gasteiger partial charge in [0.2, 0.25) is 11.8 Å². The third-order valence-electron chi connectivity index (χ3n) is 6.04. The van der Waals surface area contributed by atoms with Crippen molar-refractivity contribution in [2.45, 2.75) is 31.8 Å². The van der Waals surface area contributed by atoms with Crippen LogP contribution in [0, 0.1) is 0 Å². The highest BCUT2D eigenvalue weighted by atomic mass is 16.5. The predicted octanol–water partition coefficient (Wildman–Crippen LogP) is 3.17. The van der Waals surface area contributed by atoms with Crippen LogP contribution >= 0.6 is 0 Å². The van der Waals surface area contributed by atoms with Crippen LogP contribution in [0.3, 0.4) is 0 Å². The molecule has 4 rings (SSSR count). The van der Waals surface area contributed by atoms with Gasteiger partial charge in [0.05, 0.1) is 19.6 Å². The number of hydrogen-bond acceptors (Lipinski definition) is 4. The maximum Gasteiger partial charge on any atom is 0.223 e. The summed E-state index contributed by atoms with van der Waals surface area (Å²) in [7, 11) is 3.51. The maximum absolute atomic E-state index is 13.3. The molecule has 7 nitrogen and oxygen atoms in total. The van der Waals surface area contributed by atoms with Crippen molar-refractivity contribution in [3.63, 3.8) is 0 Å². The minimum atomic E-state index is -0.442. The van der Waals surface area contributed by atoms with Crippen LogP contribution in [0.15, 0.2) is 60.9 Å². The summed E-state index contributed by atoms with van der Waals surface area (Å²) >= 11 is 0. The predicted molar refractivity (Wildman–Crippen MR) is 121 cm³/mol. The van der Waals surface area contributed by atoms with E-state index in [0.29, 0.717) is 12.3 Å². The summed E-state index contributed by atoms with van der Waals surface area (Å²) in [5, 5.41) is 3.15. The maximum atomic E-state index is 13.3. The molecule has 1 aliphatic heterocycles. The van der Waals surface area contributed by atoms with Crippen LogP contribution in [0.25, 0.3) is 0 Å². The van der Waals surface area contributed by atoms with Gasteiger partial charge in [-0.2, -0.15) is 0 Å². The first-order valence-electron chi connectivity index (χ1n) is 10.7. The molecule has 3 aromatic rings. The Morgan fingerprint density at radius 1 is 1.22 bits per heavy atom. The number of imidazole rings is 1. The van der Waals surface area contributed by atoms with Crippen molar-refractivity contribution in [2.24, 2.45) is 7.05 Å². The summed E-state index contributed by atoms with van der Waals surface area (Å²) in [5.41, 5.74) is 3.11. The fraction of sp³-hybridized carbons (Fsp3) is 0.320. The summed E-state index contributed by atoms with van der Waals surface area (Å²) in [5.74, 6) is 1.26. The van der Waals surface area contributed by atoms with E-state index in [4.69, 9.17) is 4.74 Å². The molecular formula is C25H28N4O3. The highest BCUT2D eigenvalue weighted by Crippen LogP contribution is 2.33. The molecule has 0 bridgehead atoms. The Balaban J connectivity index is 1.62. The zero-order valence-electron chi connectivity index (χ0n) is 18.6. The van der Waals surface area contributed by atoms with E-state index in [2.05, 4.69) is 16.4 Å². The van der Waals surface area contributed by atoms with E-state index >= 15 is 0 Å². The van der Waals surface area contributed by atoms with Crippen LogP contribution in [-0.4, -0.2) is 39.9 Å². The van der Waals surface area contributed by atoms with Gasteiger partial charge in [0, 0.05) is 32.9 Å². The minimum absolute atomic E-state index is 0.0225. The summed E-state index contributed by atoms with van der Waals surface area (Å²) in [6.07, 6.45) is 4.54. The average molecular weight is 433 g/mol. The second-order valence-corrected chi connectivity index (χ2v) is 8.05. The van der Waals surface area contributed by atoms with Gasteiger partial charge in [0.25, 0.3) is 0 Å². The van der Waals surface area contributed by atoms with Crippen molar-refractivity contribution in [3.8, 4) is 5.75 Å². The lowest BCUT2D eigenvalue weighted by atomic mass is 9.90. The highest BCUT2D eigenvalue weighted by Gasteiger charge is 2.32. The Morgan fingerprint density at radius 2 is 2.03 bits per heavy atom. The van der Waals surface area contributed by atoms with Gasteiger partial charge in [-0.05, 0) is 35.2 Å². The van der Waals surface area contributed by atoms with Gasteiger partial charge in [-0.1, -0.05) is 36.4 Å². The van der Waals surface area contributed by atoms with E-state index in [1.165, 1.54) is 5.56 Å². The molecule has 2 heterocycles. The normalized spacial score (nSPS) is 16.2.